The number of rotatable bonds is 37. The monoisotopic (exact) mass is 568 g/mol. The fraction of sp³-hybridized carbons (Fsp3) is 1.00. The van der Waals surface area contributed by atoms with Crippen LogP contribution >= 0.6 is 0 Å². The number of unbranched alkanes of at least 4 members (excludes halogenated alkanes) is 28. The average Bonchev–Trinajstić information content (AvgIpc) is 2.97. The third-order valence-corrected chi connectivity index (χ3v) is 8.41. The van der Waals surface area contributed by atoms with Crippen LogP contribution < -0.4 is 5.48 Å². The summed E-state index contributed by atoms with van der Waals surface area (Å²) >= 11 is 0. The van der Waals surface area contributed by atoms with Gasteiger partial charge in [0.25, 0.3) is 0 Å². The van der Waals surface area contributed by atoms with Crippen molar-refractivity contribution in [3.05, 3.63) is 0 Å². The van der Waals surface area contributed by atoms with Crippen molar-refractivity contribution in [2.45, 2.75) is 213 Å². The van der Waals surface area contributed by atoms with Gasteiger partial charge in [0, 0.05) is 19.8 Å². The molecule has 0 spiro atoms. The summed E-state index contributed by atoms with van der Waals surface area (Å²) in [6, 6.07) is 0. The van der Waals surface area contributed by atoms with Crippen LogP contribution in [0.4, 0.5) is 0 Å². The van der Waals surface area contributed by atoms with E-state index >= 15 is 0 Å². The molecule has 3 nitrogen and oxygen atoms in total. The smallest absolute Gasteiger partial charge is 0.0682 e. The van der Waals surface area contributed by atoms with Gasteiger partial charge in [0.05, 0.1) is 6.61 Å². The van der Waals surface area contributed by atoms with Crippen molar-refractivity contribution < 1.29 is 9.57 Å². The molecule has 0 fully saturated rings. The van der Waals surface area contributed by atoms with Crippen LogP contribution in [0.1, 0.15) is 213 Å². The van der Waals surface area contributed by atoms with Crippen LogP contribution in [0.3, 0.4) is 0 Å². The van der Waals surface area contributed by atoms with Crippen LogP contribution in [-0.4, -0.2) is 26.4 Å². The molecule has 0 saturated heterocycles. The highest BCUT2D eigenvalue weighted by atomic mass is 16.6. The van der Waals surface area contributed by atoms with E-state index in [0.29, 0.717) is 0 Å². The SMILES string of the molecule is CCCCCCCCCCCCCCCCCCONCCCOCCCCCCCCCCCCCCCC. The molecule has 1 N–H and O–H groups in total. The summed E-state index contributed by atoms with van der Waals surface area (Å²) in [5.74, 6) is 0. The van der Waals surface area contributed by atoms with Gasteiger partial charge in [-0.15, -0.1) is 0 Å². The summed E-state index contributed by atoms with van der Waals surface area (Å²) in [6.07, 6.45) is 43.4. The molecule has 0 amide bonds. The fourth-order valence-electron chi connectivity index (χ4n) is 5.61. The van der Waals surface area contributed by atoms with Crippen molar-refractivity contribution in [1.29, 1.82) is 0 Å². The molecule has 242 valence electrons. The molecular formula is C37H77NO2. The molecule has 0 aromatic rings. The first-order chi connectivity index (χ1) is 19.9. The molecule has 0 radical (unpaired) electrons. The standard InChI is InChI=1S/C37H77NO2/c1-3-5-7-9-11-13-15-17-19-20-22-24-26-28-30-32-37-40-38-34-33-36-39-35-31-29-27-25-23-21-18-16-14-12-10-8-6-4-2/h38H,3-37H2,1-2H3. The fourth-order valence-corrected chi connectivity index (χ4v) is 5.61. The van der Waals surface area contributed by atoms with Gasteiger partial charge in [-0.1, -0.05) is 194 Å². The molecule has 0 saturated carbocycles. The van der Waals surface area contributed by atoms with E-state index in [1.807, 2.05) is 0 Å². The van der Waals surface area contributed by atoms with Gasteiger partial charge in [-0.2, -0.15) is 0 Å². The molecule has 0 atom stereocenters. The number of hydrogen-bond donors (Lipinski definition) is 1. The highest BCUT2D eigenvalue weighted by Gasteiger charge is 1.97. The second-order valence-electron chi connectivity index (χ2n) is 12.6. The van der Waals surface area contributed by atoms with Crippen LogP contribution in [0, 0.1) is 0 Å². The van der Waals surface area contributed by atoms with E-state index in [1.165, 1.54) is 193 Å². The lowest BCUT2D eigenvalue weighted by molar-refractivity contribution is 0.0312. The van der Waals surface area contributed by atoms with Gasteiger partial charge in [-0.05, 0) is 19.3 Å². The van der Waals surface area contributed by atoms with E-state index in [2.05, 4.69) is 19.3 Å². The van der Waals surface area contributed by atoms with Gasteiger partial charge in [-0.25, -0.2) is 5.48 Å². The van der Waals surface area contributed by atoms with E-state index in [-0.39, 0.29) is 0 Å². The average molecular weight is 568 g/mol. The summed E-state index contributed by atoms with van der Waals surface area (Å²) in [5.41, 5.74) is 3.11. The second-order valence-corrected chi connectivity index (χ2v) is 12.6. The molecule has 3 heteroatoms. The van der Waals surface area contributed by atoms with Crippen molar-refractivity contribution in [3.8, 4) is 0 Å². The molecule has 0 unspecified atom stereocenters. The van der Waals surface area contributed by atoms with Gasteiger partial charge < -0.3 is 9.57 Å². The van der Waals surface area contributed by atoms with E-state index in [1.54, 1.807) is 0 Å². The predicted octanol–water partition coefficient (Wildman–Crippen LogP) is 12.7. The molecule has 40 heavy (non-hydrogen) atoms. The van der Waals surface area contributed by atoms with Crippen molar-refractivity contribution in [2.24, 2.45) is 0 Å². The third kappa shape index (κ3) is 37.9. The minimum absolute atomic E-state index is 0.846. The lowest BCUT2D eigenvalue weighted by atomic mass is 10.0. The Kier molecular flexibility index (Phi) is 38.8. The summed E-state index contributed by atoms with van der Waals surface area (Å²) < 4.78 is 5.79. The van der Waals surface area contributed by atoms with Crippen LogP contribution in [0.15, 0.2) is 0 Å². The molecule has 0 aromatic carbocycles. The zero-order chi connectivity index (χ0) is 28.9. The van der Waals surface area contributed by atoms with E-state index in [4.69, 9.17) is 9.57 Å². The van der Waals surface area contributed by atoms with Crippen molar-refractivity contribution in [3.63, 3.8) is 0 Å². The first-order valence-corrected chi connectivity index (χ1v) is 18.8. The Hall–Kier alpha value is -0.120. The van der Waals surface area contributed by atoms with Crippen LogP contribution in [0.2, 0.25) is 0 Å². The minimum Gasteiger partial charge on any atom is -0.381 e. The maximum absolute atomic E-state index is 5.79. The van der Waals surface area contributed by atoms with E-state index in [0.717, 1.165) is 32.8 Å². The van der Waals surface area contributed by atoms with Gasteiger partial charge in [0.1, 0.15) is 0 Å². The van der Waals surface area contributed by atoms with Crippen molar-refractivity contribution in [2.75, 3.05) is 26.4 Å². The first-order valence-electron chi connectivity index (χ1n) is 18.8. The van der Waals surface area contributed by atoms with Crippen LogP contribution in [0.5, 0.6) is 0 Å². The molecule has 0 aliphatic carbocycles. The van der Waals surface area contributed by atoms with Gasteiger partial charge in [0.15, 0.2) is 0 Å². The van der Waals surface area contributed by atoms with E-state index in [9.17, 15) is 0 Å². The molecule has 0 rings (SSSR count). The van der Waals surface area contributed by atoms with Crippen molar-refractivity contribution >= 4 is 0 Å². The molecule has 0 aliphatic rings. The Balaban J connectivity index is 3.01. The Bertz CT molecular complexity index is 379. The largest absolute Gasteiger partial charge is 0.381 e. The van der Waals surface area contributed by atoms with Crippen molar-refractivity contribution in [1.82, 2.24) is 5.48 Å². The molecule has 0 bridgehead atoms. The molecular weight excluding hydrogens is 490 g/mol. The Morgan fingerprint density at radius 1 is 0.300 bits per heavy atom. The Morgan fingerprint density at radius 2 is 0.575 bits per heavy atom. The lowest BCUT2D eigenvalue weighted by Gasteiger charge is -2.07. The quantitative estimate of drug-likeness (QED) is 0.0598. The Labute approximate surface area is 254 Å². The molecule has 0 aromatic heterocycles. The molecule has 0 aliphatic heterocycles. The number of hydrogen-bond acceptors (Lipinski definition) is 3. The number of hydroxylamine groups is 1. The topological polar surface area (TPSA) is 30.5 Å². The highest BCUT2D eigenvalue weighted by Crippen LogP contribution is 2.14. The summed E-state index contributed by atoms with van der Waals surface area (Å²) in [7, 11) is 0. The van der Waals surface area contributed by atoms with Gasteiger partial charge in [0.2, 0.25) is 0 Å². The number of nitrogens with one attached hydrogen (secondary N) is 1. The second kappa shape index (κ2) is 38.9. The normalized spacial score (nSPS) is 11.6. The minimum atomic E-state index is 0.846. The summed E-state index contributed by atoms with van der Waals surface area (Å²) in [5, 5.41) is 0. The zero-order valence-electron chi connectivity index (χ0n) is 28.1. The maximum Gasteiger partial charge on any atom is 0.0682 e. The summed E-state index contributed by atoms with van der Waals surface area (Å²) in [4.78, 5) is 5.58. The molecule has 0 heterocycles. The van der Waals surface area contributed by atoms with Gasteiger partial charge >= 0.3 is 0 Å². The first kappa shape index (κ1) is 39.9. The maximum atomic E-state index is 5.79. The zero-order valence-corrected chi connectivity index (χ0v) is 28.1. The summed E-state index contributed by atoms with van der Waals surface area (Å²) in [6.45, 7) is 8.12. The number of ether oxygens (including phenoxy) is 1. The third-order valence-electron chi connectivity index (χ3n) is 8.41. The van der Waals surface area contributed by atoms with Crippen LogP contribution in [-0.2, 0) is 9.57 Å². The van der Waals surface area contributed by atoms with Gasteiger partial charge in [-0.3, -0.25) is 0 Å². The van der Waals surface area contributed by atoms with E-state index < -0.39 is 0 Å². The predicted molar refractivity (Wildman–Crippen MR) is 179 cm³/mol. The Morgan fingerprint density at radius 3 is 0.925 bits per heavy atom. The lowest BCUT2D eigenvalue weighted by Crippen LogP contribution is -2.18. The van der Waals surface area contributed by atoms with Crippen LogP contribution in [0.25, 0.3) is 0 Å². The highest BCUT2D eigenvalue weighted by molar-refractivity contribution is 4.51.